The topological polar surface area (TPSA) is 109 Å². The van der Waals surface area contributed by atoms with Gasteiger partial charge in [-0.1, -0.05) is 41.6 Å². The second-order valence-electron chi connectivity index (χ2n) is 6.33. The number of hydrogen-bond donors (Lipinski definition) is 3. The first-order valence-electron chi connectivity index (χ1n) is 8.73. The van der Waals surface area contributed by atoms with Crippen LogP contribution >= 0.6 is 0 Å². The summed E-state index contributed by atoms with van der Waals surface area (Å²) in [4.78, 5) is 12.6. The molecular weight excluding hydrogens is 352 g/mol. The first-order valence-corrected chi connectivity index (χ1v) is 8.73. The van der Waals surface area contributed by atoms with Crippen LogP contribution in [0.3, 0.4) is 0 Å². The Labute approximate surface area is 161 Å². The van der Waals surface area contributed by atoms with E-state index in [1.54, 1.807) is 0 Å². The first-order chi connectivity index (χ1) is 13.7. The molecule has 4 rings (SSSR count). The monoisotopic (exact) mass is 370 g/mol. The van der Waals surface area contributed by atoms with Crippen molar-refractivity contribution in [2.75, 3.05) is 5.32 Å². The molecule has 1 heterocycles. The normalized spacial score (nSPS) is 11.6. The van der Waals surface area contributed by atoms with E-state index >= 15 is 0 Å². The third-order valence-corrected chi connectivity index (χ3v) is 4.59. The average Bonchev–Trinajstić information content (AvgIpc) is 3.02. The van der Waals surface area contributed by atoms with Gasteiger partial charge in [-0.3, -0.25) is 4.79 Å². The second-order valence-corrected chi connectivity index (χ2v) is 6.33. The van der Waals surface area contributed by atoms with Gasteiger partial charge in [0.25, 0.3) is 0 Å². The fraction of sp³-hybridized carbons (Fsp3) is 0.0476. The van der Waals surface area contributed by atoms with Crippen LogP contribution in [0.2, 0.25) is 0 Å². The standard InChI is InChI=1S/C21H18N6O/c22-21(25-26-23)14-10-11-19-17(12-14)16-8-4-5-9-18(16)27(19)13-20(28)24-15-6-2-1-3-7-15/h1-12H,13H2,(H,24,28)(H3,22,23,25). The minimum atomic E-state index is -0.105. The van der Waals surface area contributed by atoms with Crippen LogP contribution in [0.5, 0.6) is 0 Å². The fourth-order valence-corrected chi connectivity index (χ4v) is 3.36. The Hall–Kier alpha value is -4.00. The highest BCUT2D eigenvalue weighted by Crippen LogP contribution is 2.29. The summed E-state index contributed by atoms with van der Waals surface area (Å²) in [5, 5.41) is 11.5. The number of amidine groups is 1. The van der Waals surface area contributed by atoms with Gasteiger partial charge in [-0.25, -0.2) is 0 Å². The van der Waals surface area contributed by atoms with Crippen LogP contribution in [0.15, 0.2) is 83.1 Å². The quantitative estimate of drug-likeness (QED) is 0.213. The number of fused-ring (bicyclic) bond motifs is 3. The van der Waals surface area contributed by atoms with Gasteiger partial charge >= 0.3 is 0 Å². The average molecular weight is 370 g/mol. The molecule has 7 nitrogen and oxygen atoms in total. The van der Waals surface area contributed by atoms with Crippen molar-refractivity contribution in [2.45, 2.75) is 6.54 Å². The molecule has 4 aromatic rings. The van der Waals surface area contributed by atoms with Crippen molar-refractivity contribution < 1.29 is 4.79 Å². The number of amides is 1. The van der Waals surface area contributed by atoms with E-state index in [-0.39, 0.29) is 18.3 Å². The lowest BCUT2D eigenvalue weighted by Crippen LogP contribution is -2.18. The molecule has 0 radical (unpaired) electrons. The molecule has 0 unspecified atom stereocenters. The number of nitrogens with one attached hydrogen (secondary N) is 2. The lowest BCUT2D eigenvalue weighted by molar-refractivity contribution is -0.116. The fourth-order valence-electron chi connectivity index (χ4n) is 3.36. The van der Waals surface area contributed by atoms with Gasteiger partial charge in [0.15, 0.2) is 5.84 Å². The summed E-state index contributed by atoms with van der Waals surface area (Å²) >= 11 is 0. The zero-order valence-electron chi connectivity index (χ0n) is 15.0. The SMILES string of the molecule is N=NN=C(N)c1ccc2c(c1)c1ccccc1n2CC(=O)Nc1ccccc1. The van der Waals surface area contributed by atoms with E-state index in [1.165, 1.54) is 0 Å². The van der Waals surface area contributed by atoms with Crippen molar-refractivity contribution in [2.24, 2.45) is 16.1 Å². The smallest absolute Gasteiger partial charge is 0.244 e. The van der Waals surface area contributed by atoms with Crippen LogP contribution in [0.1, 0.15) is 5.56 Å². The predicted octanol–water partition coefficient (Wildman–Crippen LogP) is 4.08. The molecule has 0 aliphatic heterocycles. The summed E-state index contributed by atoms with van der Waals surface area (Å²) in [5.74, 6) is 0.0718. The highest BCUT2D eigenvalue weighted by Gasteiger charge is 2.14. The highest BCUT2D eigenvalue weighted by atomic mass is 16.1. The van der Waals surface area contributed by atoms with Crippen LogP contribution in [0.4, 0.5) is 5.69 Å². The Morgan fingerprint density at radius 3 is 2.46 bits per heavy atom. The Balaban J connectivity index is 1.77. The maximum atomic E-state index is 12.6. The molecule has 0 atom stereocenters. The Morgan fingerprint density at radius 2 is 1.68 bits per heavy atom. The van der Waals surface area contributed by atoms with Gasteiger partial charge in [0, 0.05) is 33.1 Å². The van der Waals surface area contributed by atoms with Gasteiger partial charge in [-0.2, -0.15) is 5.53 Å². The van der Waals surface area contributed by atoms with Crippen LogP contribution in [0, 0.1) is 5.53 Å². The summed E-state index contributed by atoms with van der Waals surface area (Å²) in [6.45, 7) is 0.184. The molecule has 138 valence electrons. The van der Waals surface area contributed by atoms with E-state index in [0.717, 1.165) is 27.5 Å². The molecule has 0 spiro atoms. The number of carbonyl (C=O) groups excluding carboxylic acids is 1. The number of aromatic nitrogens is 1. The van der Waals surface area contributed by atoms with Crippen LogP contribution in [-0.4, -0.2) is 16.3 Å². The minimum absolute atomic E-state index is 0.105. The molecule has 0 fully saturated rings. The van der Waals surface area contributed by atoms with E-state index in [0.29, 0.717) is 5.56 Å². The maximum absolute atomic E-state index is 12.6. The molecule has 0 saturated heterocycles. The van der Waals surface area contributed by atoms with Gasteiger partial charge < -0.3 is 15.6 Å². The van der Waals surface area contributed by atoms with Crippen molar-refractivity contribution in [3.05, 3.63) is 78.4 Å². The van der Waals surface area contributed by atoms with E-state index in [9.17, 15) is 4.79 Å². The van der Waals surface area contributed by atoms with E-state index in [2.05, 4.69) is 15.6 Å². The summed E-state index contributed by atoms with van der Waals surface area (Å²) in [5.41, 5.74) is 16.1. The van der Waals surface area contributed by atoms with Crippen LogP contribution < -0.4 is 11.1 Å². The van der Waals surface area contributed by atoms with Crippen molar-refractivity contribution in [3.8, 4) is 0 Å². The van der Waals surface area contributed by atoms with Crippen LogP contribution in [-0.2, 0) is 11.3 Å². The van der Waals surface area contributed by atoms with Gasteiger partial charge in [-0.05, 0) is 36.4 Å². The van der Waals surface area contributed by atoms with Crippen molar-refractivity contribution in [1.29, 1.82) is 5.53 Å². The molecule has 0 saturated carbocycles. The summed E-state index contributed by atoms with van der Waals surface area (Å²) in [6, 6.07) is 22.9. The molecule has 4 N–H and O–H groups in total. The third-order valence-electron chi connectivity index (χ3n) is 4.59. The lowest BCUT2D eigenvalue weighted by atomic mass is 10.1. The molecule has 0 aliphatic carbocycles. The van der Waals surface area contributed by atoms with Gasteiger partial charge in [0.1, 0.15) is 6.54 Å². The molecule has 3 aromatic carbocycles. The number of para-hydroxylation sites is 2. The minimum Gasteiger partial charge on any atom is -0.382 e. The van der Waals surface area contributed by atoms with E-state index in [1.807, 2.05) is 77.4 Å². The van der Waals surface area contributed by atoms with Crippen molar-refractivity contribution >= 4 is 39.2 Å². The largest absolute Gasteiger partial charge is 0.382 e. The van der Waals surface area contributed by atoms with Gasteiger partial charge in [0.2, 0.25) is 5.91 Å². The number of rotatable bonds is 5. The highest BCUT2D eigenvalue weighted by molar-refractivity contribution is 6.11. The number of hydrogen-bond acceptors (Lipinski definition) is 3. The summed E-state index contributed by atoms with van der Waals surface area (Å²) < 4.78 is 1.98. The van der Waals surface area contributed by atoms with Gasteiger partial charge in [-0.15, -0.1) is 5.10 Å². The number of benzene rings is 3. The second kappa shape index (κ2) is 7.32. The maximum Gasteiger partial charge on any atom is 0.244 e. The van der Waals surface area contributed by atoms with E-state index in [4.69, 9.17) is 11.3 Å². The number of anilines is 1. The number of carbonyl (C=O) groups is 1. The van der Waals surface area contributed by atoms with Crippen LogP contribution in [0.25, 0.3) is 21.8 Å². The summed E-state index contributed by atoms with van der Waals surface area (Å²) in [6.07, 6.45) is 0. The molecule has 28 heavy (non-hydrogen) atoms. The zero-order chi connectivity index (χ0) is 19.5. The molecular formula is C21H18N6O. The molecule has 7 heteroatoms. The predicted molar refractivity (Wildman–Crippen MR) is 110 cm³/mol. The molecule has 1 amide bonds. The Bertz CT molecular complexity index is 1210. The lowest BCUT2D eigenvalue weighted by Gasteiger charge is -2.09. The number of nitrogens with zero attached hydrogens (tertiary/aromatic N) is 3. The van der Waals surface area contributed by atoms with Gasteiger partial charge in [0.05, 0.1) is 0 Å². The molecule has 1 aromatic heterocycles. The zero-order valence-corrected chi connectivity index (χ0v) is 15.0. The Kier molecular flexibility index (Phi) is 4.55. The third kappa shape index (κ3) is 3.21. The first kappa shape index (κ1) is 17.4. The summed E-state index contributed by atoms with van der Waals surface area (Å²) in [7, 11) is 0. The molecule has 0 aliphatic rings. The Morgan fingerprint density at radius 1 is 0.964 bits per heavy atom. The van der Waals surface area contributed by atoms with Crippen molar-refractivity contribution in [1.82, 2.24) is 4.57 Å². The molecule has 0 bridgehead atoms. The van der Waals surface area contributed by atoms with E-state index < -0.39 is 0 Å². The number of nitrogens with two attached hydrogens (primary N) is 1. The van der Waals surface area contributed by atoms with Crippen molar-refractivity contribution in [3.63, 3.8) is 0 Å².